The number of nitrogens with one attached hydrogen (secondary N) is 1. The molecule has 3 heterocycles. The van der Waals surface area contributed by atoms with Crippen molar-refractivity contribution in [3.63, 3.8) is 0 Å². The lowest BCUT2D eigenvalue weighted by Gasteiger charge is -2.41. The lowest BCUT2D eigenvalue weighted by Crippen LogP contribution is -2.55. The molecule has 3 aliphatic heterocycles. The molecule has 0 aliphatic carbocycles. The monoisotopic (exact) mass is 490 g/mol. The van der Waals surface area contributed by atoms with E-state index in [0.717, 1.165) is 30.7 Å². The fourth-order valence-electron chi connectivity index (χ4n) is 5.29. The summed E-state index contributed by atoms with van der Waals surface area (Å²) in [5, 5.41) is 4.20. The molecule has 36 heavy (non-hydrogen) atoms. The normalized spacial score (nSPS) is 23.6. The molecule has 2 aromatic carbocycles. The molecule has 1 saturated heterocycles. The van der Waals surface area contributed by atoms with Crippen LogP contribution in [0.3, 0.4) is 0 Å². The molecule has 0 saturated carbocycles. The van der Waals surface area contributed by atoms with Crippen molar-refractivity contribution in [2.45, 2.75) is 70.6 Å². The average molecular weight is 491 g/mol. The van der Waals surface area contributed by atoms with Crippen LogP contribution in [-0.2, 0) is 16.0 Å². The van der Waals surface area contributed by atoms with E-state index in [0.29, 0.717) is 19.0 Å². The quantitative estimate of drug-likeness (QED) is 0.688. The number of hydrazone groups is 1. The van der Waals surface area contributed by atoms with E-state index in [9.17, 15) is 9.59 Å². The Morgan fingerprint density at radius 3 is 2.72 bits per heavy atom. The molecule has 0 radical (unpaired) electrons. The minimum atomic E-state index is -0.541. The molecule has 2 aromatic rings. The van der Waals surface area contributed by atoms with E-state index in [2.05, 4.69) is 34.8 Å². The highest BCUT2D eigenvalue weighted by Gasteiger charge is 2.38. The second kappa shape index (κ2) is 9.48. The number of nitrogens with zero attached hydrogens (tertiary/aromatic N) is 3. The summed E-state index contributed by atoms with van der Waals surface area (Å²) in [5.74, 6) is 1.59. The van der Waals surface area contributed by atoms with Crippen LogP contribution >= 0.6 is 0 Å². The van der Waals surface area contributed by atoms with Gasteiger partial charge in [0.1, 0.15) is 24.0 Å². The number of carbonyl (C=O) groups is 2. The van der Waals surface area contributed by atoms with Crippen LogP contribution in [0.2, 0.25) is 0 Å². The fourth-order valence-corrected chi connectivity index (χ4v) is 5.29. The van der Waals surface area contributed by atoms with Gasteiger partial charge in [-0.1, -0.05) is 36.4 Å². The van der Waals surface area contributed by atoms with E-state index in [1.807, 2.05) is 61.8 Å². The predicted molar refractivity (Wildman–Crippen MR) is 138 cm³/mol. The number of likely N-dealkylation sites (tertiary alicyclic amines) is 1. The minimum absolute atomic E-state index is 0.0186. The van der Waals surface area contributed by atoms with Gasteiger partial charge in [-0.2, -0.15) is 5.10 Å². The Labute approximate surface area is 212 Å². The van der Waals surface area contributed by atoms with Gasteiger partial charge in [-0.05, 0) is 76.1 Å². The van der Waals surface area contributed by atoms with Crippen LogP contribution in [0.4, 0.5) is 10.5 Å². The van der Waals surface area contributed by atoms with Crippen molar-refractivity contribution in [1.82, 2.24) is 10.3 Å². The van der Waals surface area contributed by atoms with Crippen LogP contribution in [-0.4, -0.2) is 53.6 Å². The van der Waals surface area contributed by atoms with E-state index in [4.69, 9.17) is 9.47 Å². The number of hydrogen-bond donors (Lipinski definition) is 1. The van der Waals surface area contributed by atoms with Crippen molar-refractivity contribution in [2.75, 3.05) is 18.1 Å². The van der Waals surface area contributed by atoms with Crippen molar-refractivity contribution in [2.24, 2.45) is 5.10 Å². The molecule has 1 fully saturated rings. The number of carbonyl (C=O) groups excluding carboxylic acids is 2. The molecule has 8 nitrogen and oxygen atoms in total. The molecular weight excluding hydrogens is 456 g/mol. The third-order valence-electron chi connectivity index (χ3n) is 7.07. The first-order valence-corrected chi connectivity index (χ1v) is 12.7. The maximum atomic E-state index is 13.1. The van der Waals surface area contributed by atoms with Crippen LogP contribution in [0.25, 0.3) is 0 Å². The maximum absolute atomic E-state index is 13.1. The zero-order valence-electron chi connectivity index (χ0n) is 21.4. The summed E-state index contributed by atoms with van der Waals surface area (Å²) in [4.78, 5) is 29.3. The molecule has 2 amide bonds. The highest BCUT2D eigenvalue weighted by Crippen LogP contribution is 2.40. The zero-order chi connectivity index (χ0) is 25.4. The summed E-state index contributed by atoms with van der Waals surface area (Å²) < 4.78 is 11.7. The maximum Gasteiger partial charge on any atom is 0.410 e. The van der Waals surface area contributed by atoms with Gasteiger partial charge < -0.3 is 19.3 Å². The Balaban J connectivity index is 1.42. The van der Waals surface area contributed by atoms with Crippen molar-refractivity contribution < 1.29 is 19.1 Å². The highest BCUT2D eigenvalue weighted by molar-refractivity contribution is 6.09. The lowest BCUT2D eigenvalue weighted by atomic mass is 9.83. The third-order valence-corrected chi connectivity index (χ3v) is 7.07. The first-order valence-electron chi connectivity index (χ1n) is 12.7. The van der Waals surface area contributed by atoms with E-state index in [1.54, 1.807) is 0 Å². The number of rotatable bonds is 3. The average Bonchev–Trinajstić information content (AvgIpc) is 2.85. The molecule has 1 N–H and O–H groups in total. The molecule has 5 rings (SSSR count). The molecular formula is C28H34N4O4. The van der Waals surface area contributed by atoms with E-state index >= 15 is 0 Å². The first kappa shape index (κ1) is 24.2. The number of ether oxygens (including phenoxy) is 2. The van der Waals surface area contributed by atoms with Gasteiger partial charge in [0.05, 0.1) is 5.69 Å². The Kier molecular flexibility index (Phi) is 6.36. The van der Waals surface area contributed by atoms with Gasteiger partial charge in [-0.3, -0.25) is 4.79 Å². The van der Waals surface area contributed by atoms with Crippen molar-refractivity contribution in [1.29, 1.82) is 0 Å². The summed E-state index contributed by atoms with van der Waals surface area (Å²) in [6.45, 7) is 8.53. The lowest BCUT2D eigenvalue weighted by molar-refractivity contribution is -0.122. The molecule has 0 unspecified atom stereocenters. The van der Waals surface area contributed by atoms with Gasteiger partial charge in [-0.15, -0.1) is 0 Å². The topological polar surface area (TPSA) is 83.5 Å². The van der Waals surface area contributed by atoms with Gasteiger partial charge >= 0.3 is 6.09 Å². The standard InChI is InChI=1S/C28H34N4O4/c1-18-26(33)30-29-25-17-35-24-11-10-20(16-23(24)32(18)25)21-12-13-31(27(34)36-28(2,3)4)22(15-21)14-19-8-6-5-7-9-19/h5-11,16,18,21-22H,12-15,17H2,1-4H3,(H,30,33)/t18-,21+,22+/m1/s1. The molecule has 0 bridgehead atoms. The summed E-state index contributed by atoms with van der Waals surface area (Å²) >= 11 is 0. The van der Waals surface area contributed by atoms with Gasteiger partial charge in [0.2, 0.25) is 0 Å². The van der Waals surface area contributed by atoms with E-state index in [1.165, 1.54) is 11.1 Å². The Hall–Kier alpha value is -3.55. The number of benzene rings is 2. The van der Waals surface area contributed by atoms with Crippen LogP contribution in [0.5, 0.6) is 5.75 Å². The number of amides is 2. The number of amidine groups is 1. The summed E-state index contributed by atoms with van der Waals surface area (Å²) in [6.07, 6.45) is 2.17. The third kappa shape index (κ3) is 4.90. The van der Waals surface area contributed by atoms with E-state index in [-0.39, 0.29) is 30.0 Å². The molecule has 0 aromatic heterocycles. The Morgan fingerprint density at radius 1 is 1.19 bits per heavy atom. The van der Waals surface area contributed by atoms with Gasteiger partial charge in [0, 0.05) is 12.6 Å². The predicted octanol–water partition coefficient (Wildman–Crippen LogP) is 4.44. The zero-order valence-corrected chi connectivity index (χ0v) is 21.4. The second-order valence-corrected chi connectivity index (χ2v) is 10.8. The smallest absolute Gasteiger partial charge is 0.410 e. The Morgan fingerprint density at radius 2 is 1.97 bits per heavy atom. The Bertz CT molecular complexity index is 1170. The van der Waals surface area contributed by atoms with Gasteiger partial charge in [-0.25, -0.2) is 10.2 Å². The van der Waals surface area contributed by atoms with Gasteiger partial charge in [0.25, 0.3) is 5.91 Å². The molecule has 3 atom stereocenters. The molecule has 3 aliphatic rings. The van der Waals surface area contributed by atoms with Crippen molar-refractivity contribution in [3.8, 4) is 5.75 Å². The number of hydrogen-bond acceptors (Lipinski definition) is 6. The van der Waals surface area contributed by atoms with Crippen molar-refractivity contribution >= 4 is 23.5 Å². The van der Waals surface area contributed by atoms with Crippen LogP contribution in [0.1, 0.15) is 57.6 Å². The minimum Gasteiger partial charge on any atom is -0.483 e. The molecule has 190 valence electrons. The summed E-state index contributed by atoms with van der Waals surface area (Å²) in [6, 6.07) is 16.2. The summed E-state index contributed by atoms with van der Waals surface area (Å²) in [5.41, 5.74) is 5.28. The van der Waals surface area contributed by atoms with Gasteiger partial charge in [0.15, 0.2) is 5.84 Å². The SMILES string of the molecule is C[C@@H]1C(=O)NN=C2COc3ccc([C@H]4CCN(C(=O)OC(C)(C)C)[C@@H](Cc5ccccc5)C4)cc3N21. The highest BCUT2D eigenvalue weighted by atomic mass is 16.6. The number of fused-ring (bicyclic) bond motifs is 3. The van der Waals surface area contributed by atoms with E-state index < -0.39 is 5.60 Å². The summed E-state index contributed by atoms with van der Waals surface area (Å²) in [7, 11) is 0. The second-order valence-electron chi connectivity index (χ2n) is 10.8. The first-order chi connectivity index (χ1) is 17.2. The fraction of sp³-hybridized carbons (Fsp3) is 0.464. The van der Waals surface area contributed by atoms with Crippen LogP contribution < -0.4 is 15.1 Å². The van der Waals surface area contributed by atoms with Crippen LogP contribution in [0.15, 0.2) is 53.6 Å². The van der Waals surface area contributed by atoms with Crippen LogP contribution in [0, 0.1) is 0 Å². The molecule has 8 heteroatoms. The number of piperidine rings is 1. The van der Waals surface area contributed by atoms with Crippen molar-refractivity contribution in [3.05, 3.63) is 59.7 Å². The molecule has 0 spiro atoms. The largest absolute Gasteiger partial charge is 0.483 e. The number of anilines is 1.